The fourth-order valence-electron chi connectivity index (χ4n) is 2.66. The molecular formula is C20H20N2O. The van der Waals surface area contributed by atoms with Crippen LogP contribution in [-0.2, 0) is 0 Å². The summed E-state index contributed by atoms with van der Waals surface area (Å²) in [6.45, 7) is 5.09. The van der Waals surface area contributed by atoms with Crippen LogP contribution in [0.4, 0.5) is 0 Å². The van der Waals surface area contributed by atoms with E-state index in [0.29, 0.717) is 16.8 Å². The molecule has 1 aromatic heterocycles. The molecule has 3 nitrogen and oxygen atoms in total. The van der Waals surface area contributed by atoms with Crippen molar-refractivity contribution >= 4 is 5.78 Å². The number of hydrogen-bond donors (Lipinski definition) is 0. The monoisotopic (exact) mass is 304 g/mol. The molecule has 0 aliphatic carbocycles. The van der Waals surface area contributed by atoms with Crippen LogP contribution in [0.1, 0.15) is 40.0 Å². The molecule has 0 atom stereocenters. The Hall–Kier alpha value is -2.44. The number of hydrogen-bond acceptors (Lipinski definition) is 3. The highest BCUT2D eigenvalue weighted by Gasteiger charge is 2.10. The standard InChI is InChI=1S/C20H20N2O/c1-16-6-8-17(9-7-16)20(23)18-10-11-19(21-15-18)5-4-14-22-12-2-3-13-22/h6-11,15H,2-3,12-14H2,1H3. The molecule has 0 amide bonds. The zero-order chi connectivity index (χ0) is 16.1. The molecule has 2 heterocycles. The number of rotatable bonds is 3. The minimum absolute atomic E-state index is 0.00549. The first-order valence-corrected chi connectivity index (χ1v) is 8.01. The second-order valence-corrected chi connectivity index (χ2v) is 5.91. The van der Waals surface area contributed by atoms with Crippen LogP contribution in [0.15, 0.2) is 42.6 Å². The van der Waals surface area contributed by atoms with Crippen molar-refractivity contribution in [2.75, 3.05) is 19.6 Å². The first-order valence-electron chi connectivity index (χ1n) is 8.01. The maximum absolute atomic E-state index is 12.4. The summed E-state index contributed by atoms with van der Waals surface area (Å²) in [4.78, 5) is 19.0. The molecule has 0 saturated carbocycles. The van der Waals surface area contributed by atoms with Crippen molar-refractivity contribution in [3.05, 3.63) is 65.0 Å². The Labute approximate surface area is 137 Å². The Morgan fingerprint density at radius 3 is 2.43 bits per heavy atom. The van der Waals surface area contributed by atoms with Gasteiger partial charge in [-0.25, -0.2) is 4.98 Å². The van der Waals surface area contributed by atoms with Crippen LogP contribution in [-0.4, -0.2) is 35.3 Å². The Kier molecular flexibility index (Phi) is 4.85. The van der Waals surface area contributed by atoms with Crippen molar-refractivity contribution < 1.29 is 4.79 Å². The summed E-state index contributed by atoms with van der Waals surface area (Å²) < 4.78 is 0. The lowest BCUT2D eigenvalue weighted by molar-refractivity contribution is 0.103. The highest BCUT2D eigenvalue weighted by molar-refractivity contribution is 6.08. The summed E-state index contributed by atoms with van der Waals surface area (Å²) in [6, 6.07) is 11.2. The fourth-order valence-corrected chi connectivity index (χ4v) is 2.66. The summed E-state index contributed by atoms with van der Waals surface area (Å²) in [7, 11) is 0. The van der Waals surface area contributed by atoms with Crippen LogP contribution >= 0.6 is 0 Å². The largest absolute Gasteiger partial charge is 0.292 e. The molecule has 3 heteroatoms. The van der Waals surface area contributed by atoms with Gasteiger partial charge in [0.25, 0.3) is 0 Å². The number of carbonyl (C=O) groups is 1. The van der Waals surface area contributed by atoms with E-state index in [4.69, 9.17) is 0 Å². The second kappa shape index (κ2) is 7.21. The number of aromatic nitrogens is 1. The Balaban J connectivity index is 1.65. The van der Waals surface area contributed by atoms with E-state index in [1.807, 2.05) is 37.3 Å². The molecule has 1 saturated heterocycles. The molecule has 0 unspecified atom stereocenters. The number of benzene rings is 1. The Morgan fingerprint density at radius 1 is 1.09 bits per heavy atom. The second-order valence-electron chi connectivity index (χ2n) is 5.91. The van der Waals surface area contributed by atoms with Gasteiger partial charge in [-0.2, -0.15) is 0 Å². The third-order valence-electron chi connectivity index (χ3n) is 4.06. The van der Waals surface area contributed by atoms with Crippen LogP contribution in [0.2, 0.25) is 0 Å². The van der Waals surface area contributed by atoms with E-state index in [-0.39, 0.29) is 5.78 Å². The molecule has 1 aromatic carbocycles. The fraction of sp³-hybridized carbons (Fsp3) is 0.300. The zero-order valence-electron chi connectivity index (χ0n) is 13.4. The van der Waals surface area contributed by atoms with Crippen LogP contribution in [0.25, 0.3) is 0 Å². The van der Waals surface area contributed by atoms with Crippen molar-refractivity contribution in [3.63, 3.8) is 0 Å². The molecule has 0 radical (unpaired) electrons. The molecule has 0 spiro atoms. The van der Waals surface area contributed by atoms with E-state index < -0.39 is 0 Å². The molecule has 3 rings (SSSR count). The van der Waals surface area contributed by atoms with Crippen LogP contribution in [0.3, 0.4) is 0 Å². The maximum Gasteiger partial charge on any atom is 0.194 e. The van der Waals surface area contributed by atoms with Gasteiger partial charge in [0.2, 0.25) is 0 Å². The quantitative estimate of drug-likeness (QED) is 0.645. The maximum atomic E-state index is 12.4. The van der Waals surface area contributed by atoms with E-state index >= 15 is 0 Å². The highest BCUT2D eigenvalue weighted by Crippen LogP contribution is 2.11. The SMILES string of the molecule is Cc1ccc(C(=O)c2ccc(C#CCN3CCCC3)nc2)cc1. The van der Waals surface area contributed by atoms with Gasteiger partial charge in [0, 0.05) is 17.3 Å². The number of ketones is 1. The number of likely N-dealkylation sites (tertiary alicyclic amines) is 1. The van der Waals surface area contributed by atoms with Crippen LogP contribution in [0, 0.1) is 18.8 Å². The van der Waals surface area contributed by atoms with Crippen LogP contribution in [0.5, 0.6) is 0 Å². The predicted molar refractivity (Wildman–Crippen MR) is 91.4 cm³/mol. The Bertz CT molecular complexity index is 730. The smallest absolute Gasteiger partial charge is 0.194 e. The number of aryl methyl sites for hydroxylation is 1. The van der Waals surface area contributed by atoms with Gasteiger partial charge in [0.1, 0.15) is 5.69 Å². The van der Waals surface area contributed by atoms with Gasteiger partial charge in [-0.1, -0.05) is 35.7 Å². The summed E-state index contributed by atoms with van der Waals surface area (Å²) in [5, 5.41) is 0. The lowest BCUT2D eigenvalue weighted by atomic mass is 10.0. The lowest BCUT2D eigenvalue weighted by Gasteiger charge is -2.08. The molecule has 1 aliphatic heterocycles. The Morgan fingerprint density at radius 2 is 1.78 bits per heavy atom. The van der Waals surface area contributed by atoms with Crippen molar-refractivity contribution in [2.45, 2.75) is 19.8 Å². The van der Waals surface area contributed by atoms with Crippen molar-refractivity contribution in [2.24, 2.45) is 0 Å². The van der Waals surface area contributed by atoms with Gasteiger partial charge >= 0.3 is 0 Å². The van der Waals surface area contributed by atoms with Gasteiger partial charge in [0.05, 0.1) is 6.54 Å². The number of carbonyl (C=O) groups excluding carboxylic acids is 1. The van der Waals surface area contributed by atoms with Gasteiger partial charge in [-0.3, -0.25) is 9.69 Å². The molecule has 1 fully saturated rings. The normalized spacial score (nSPS) is 14.3. The van der Waals surface area contributed by atoms with Gasteiger partial charge in [-0.05, 0) is 50.9 Å². The predicted octanol–water partition coefficient (Wildman–Crippen LogP) is 3.07. The van der Waals surface area contributed by atoms with E-state index in [2.05, 4.69) is 21.7 Å². The minimum atomic E-state index is -0.00549. The first-order chi connectivity index (χ1) is 11.2. The number of pyridine rings is 1. The summed E-state index contributed by atoms with van der Waals surface area (Å²) >= 11 is 0. The average molecular weight is 304 g/mol. The third kappa shape index (κ3) is 4.06. The molecule has 0 bridgehead atoms. The van der Waals surface area contributed by atoms with Crippen molar-refractivity contribution in [1.29, 1.82) is 0 Å². The molecule has 1 aliphatic rings. The van der Waals surface area contributed by atoms with Gasteiger partial charge in [0.15, 0.2) is 5.78 Å². The molecule has 2 aromatic rings. The van der Waals surface area contributed by atoms with Crippen LogP contribution < -0.4 is 0 Å². The topological polar surface area (TPSA) is 33.2 Å². The van der Waals surface area contributed by atoms with Gasteiger partial charge in [-0.15, -0.1) is 0 Å². The van der Waals surface area contributed by atoms with Crippen molar-refractivity contribution in [3.8, 4) is 11.8 Å². The summed E-state index contributed by atoms with van der Waals surface area (Å²) in [6.07, 6.45) is 4.16. The summed E-state index contributed by atoms with van der Waals surface area (Å²) in [5.74, 6) is 6.22. The molecular weight excluding hydrogens is 284 g/mol. The van der Waals surface area contributed by atoms with Crippen molar-refractivity contribution in [1.82, 2.24) is 9.88 Å². The lowest BCUT2D eigenvalue weighted by Crippen LogP contribution is -2.18. The third-order valence-corrected chi connectivity index (χ3v) is 4.06. The number of nitrogens with zero attached hydrogens (tertiary/aromatic N) is 2. The van der Waals surface area contributed by atoms with E-state index in [9.17, 15) is 4.79 Å². The first kappa shape index (κ1) is 15.5. The van der Waals surface area contributed by atoms with E-state index in [1.54, 1.807) is 12.3 Å². The minimum Gasteiger partial charge on any atom is -0.292 e. The van der Waals surface area contributed by atoms with Gasteiger partial charge < -0.3 is 0 Å². The summed E-state index contributed by atoms with van der Waals surface area (Å²) in [5.41, 5.74) is 3.14. The molecule has 23 heavy (non-hydrogen) atoms. The zero-order valence-corrected chi connectivity index (χ0v) is 13.4. The average Bonchev–Trinajstić information content (AvgIpc) is 3.09. The molecule has 0 N–H and O–H groups in total. The van der Waals surface area contributed by atoms with E-state index in [0.717, 1.165) is 25.2 Å². The molecule has 116 valence electrons. The highest BCUT2D eigenvalue weighted by atomic mass is 16.1. The van der Waals surface area contributed by atoms with E-state index in [1.165, 1.54) is 12.8 Å².